The Balaban J connectivity index is 1.91. The van der Waals surface area contributed by atoms with Gasteiger partial charge in [-0.25, -0.2) is 4.79 Å². The Bertz CT molecular complexity index is 869. The number of nitro benzene ring substituents is 1. The summed E-state index contributed by atoms with van der Waals surface area (Å²) in [5, 5.41) is 15.6. The topological polar surface area (TPSA) is 174 Å². The number of nitrogens with zero attached hydrogens (tertiary/aromatic N) is 2. The molecule has 1 fully saturated rings. The van der Waals surface area contributed by atoms with Crippen LogP contribution in [-0.4, -0.2) is 64.8 Å². The lowest BCUT2D eigenvalue weighted by Gasteiger charge is -2.32. The monoisotopic (exact) mass is 435 g/mol. The summed E-state index contributed by atoms with van der Waals surface area (Å²) >= 11 is 0. The molecule has 1 aliphatic rings. The highest BCUT2D eigenvalue weighted by Crippen LogP contribution is 2.22. The fourth-order valence-corrected chi connectivity index (χ4v) is 3.16. The molecule has 0 spiro atoms. The van der Waals surface area contributed by atoms with Crippen molar-refractivity contribution in [3.8, 4) is 0 Å². The predicted molar refractivity (Wildman–Crippen MR) is 109 cm³/mol. The number of esters is 1. The second-order valence-electron chi connectivity index (χ2n) is 7.49. The van der Waals surface area contributed by atoms with Gasteiger partial charge in [-0.1, -0.05) is 0 Å². The molecule has 1 heterocycles. The molecule has 1 atom stereocenters. The van der Waals surface area contributed by atoms with Crippen molar-refractivity contribution in [2.45, 2.75) is 38.3 Å². The molecule has 1 saturated heterocycles. The van der Waals surface area contributed by atoms with Gasteiger partial charge in [-0.2, -0.15) is 0 Å². The highest BCUT2D eigenvalue weighted by Gasteiger charge is 2.42. The van der Waals surface area contributed by atoms with E-state index in [0.717, 1.165) is 0 Å². The third kappa shape index (κ3) is 6.22. The summed E-state index contributed by atoms with van der Waals surface area (Å²) in [7, 11) is 0. The van der Waals surface area contributed by atoms with Gasteiger partial charge in [-0.15, -0.1) is 0 Å². The summed E-state index contributed by atoms with van der Waals surface area (Å²) < 4.78 is 5.06. The zero-order chi connectivity index (χ0) is 23.2. The maximum Gasteiger partial charge on any atom is 0.329 e. The Morgan fingerprint density at radius 3 is 2.45 bits per heavy atom. The maximum absolute atomic E-state index is 12.8. The normalized spacial score (nSPS) is 15.8. The smallest absolute Gasteiger partial charge is 0.329 e. The van der Waals surface area contributed by atoms with Gasteiger partial charge in [-0.3, -0.25) is 24.5 Å². The summed E-state index contributed by atoms with van der Waals surface area (Å²) in [5.41, 5.74) is 4.20. The second-order valence-corrected chi connectivity index (χ2v) is 7.49. The fourth-order valence-electron chi connectivity index (χ4n) is 3.16. The van der Waals surface area contributed by atoms with Gasteiger partial charge < -0.3 is 26.0 Å². The van der Waals surface area contributed by atoms with E-state index < -0.39 is 46.8 Å². The molecule has 2 rings (SSSR count). The molecule has 0 aliphatic carbocycles. The molecule has 3 amide bonds. The Morgan fingerprint density at radius 1 is 1.23 bits per heavy atom. The summed E-state index contributed by atoms with van der Waals surface area (Å²) in [6.07, 6.45) is 0.941. The van der Waals surface area contributed by atoms with Gasteiger partial charge in [0.1, 0.15) is 11.6 Å². The first-order valence-corrected chi connectivity index (χ1v) is 9.58. The van der Waals surface area contributed by atoms with Crippen molar-refractivity contribution in [2.75, 3.05) is 25.0 Å². The number of rotatable bonds is 8. The average Bonchev–Trinajstić information content (AvgIpc) is 3.21. The van der Waals surface area contributed by atoms with E-state index >= 15 is 0 Å². The lowest BCUT2D eigenvalue weighted by Crippen LogP contribution is -2.58. The number of amides is 3. The van der Waals surface area contributed by atoms with Crippen LogP contribution in [0, 0.1) is 10.1 Å². The molecule has 4 N–H and O–H groups in total. The van der Waals surface area contributed by atoms with Gasteiger partial charge >= 0.3 is 5.97 Å². The van der Waals surface area contributed by atoms with Crippen LogP contribution in [0.15, 0.2) is 24.3 Å². The molecule has 0 radical (unpaired) electrons. The Hall–Kier alpha value is -3.54. The van der Waals surface area contributed by atoms with Crippen molar-refractivity contribution < 1.29 is 28.8 Å². The molecule has 12 heteroatoms. The quantitative estimate of drug-likeness (QED) is 0.289. The Morgan fingerprint density at radius 2 is 1.87 bits per heavy atom. The number of hydrogen-bond acceptors (Lipinski definition) is 8. The first-order valence-electron chi connectivity index (χ1n) is 9.58. The maximum atomic E-state index is 12.8. The van der Waals surface area contributed by atoms with Gasteiger partial charge in [0.05, 0.1) is 11.5 Å². The molecule has 0 saturated carbocycles. The average molecular weight is 435 g/mol. The molecule has 31 heavy (non-hydrogen) atoms. The number of carbonyl (C=O) groups excluding carboxylic acids is 4. The summed E-state index contributed by atoms with van der Waals surface area (Å²) in [6.45, 7) is 2.49. The van der Waals surface area contributed by atoms with E-state index in [0.29, 0.717) is 25.1 Å². The minimum Gasteiger partial charge on any atom is -0.454 e. The number of likely N-dealkylation sites (tertiary alicyclic amines) is 1. The van der Waals surface area contributed by atoms with Crippen LogP contribution in [0.5, 0.6) is 0 Å². The number of ether oxygens (including phenoxy) is 1. The summed E-state index contributed by atoms with van der Waals surface area (Å²) in [4.78, 5) is 60.3. The number of non-ortho nitro benzene ring substituents is 1. The minimum atomic E-state index is -1.26. The molecule has 12 nitrogen and oxygen atoms in total. The zero-order valence-corrected chi connectivity index (χ0v) is 17.3. The van der Waals surface area contributed by atoms with E-state index in [1.54, 1.807) is 0 Å². The number of nitro groups is 1. The van der Waals surface area contributed by atoms with Crippen LogP contribution in [0.1, 0.15) is 26.7 Å². The van der Waals surface area contributed by atoms with Crippen LogP contribution in [0.25, 0.3) is 0 Å². The third-order valence-electron chi connectivity index (χ3n) is 4.67. The molecule has 168 valence electrons. The van der Waals surface area contributed by atoms with Crippen molar-refractivity contribution >= 4 is 35.1 Å². The predicted octanol–water partition coefficient (Wildman–Crippen LogP) is -0.0790. The van der Waals surface area contributed by atoms with Crippen molar-refractivity contribution in [1.29, 1.82) is 0 Å². The van der Waals surface area contributed by atoms with E-state index in [1.165, 1.54) is 43.0 Å². The van der Waals surface area contributed by atoms with Crippen molar-refractivity contribution in [1.82, 2.24) is 10.2 Å². The van der Waals surface area contributed by atoms with Gasteiger partial charge in [0.2, 0.25) is 11.8 Å². The number of hydrogen-bond donors (Lipinski definition) is 3. The number of anilines is 1. The summed E-state index contributed by atoms with van der Waals surface area (Å²) in [6, 6.07) is 4.30. The first-order chi connectivity index (χ1) is 14.5. The lowest BCUT2D eigenvalue weighted by molar-refractivity contribution is -0.384. The van der Waals surface area contributed by atoms with E-state index in [2.05, 4.69) is 10.6 Å². The molecule has 0 aromatic heterocycles. The minimum absolute atomic E-state index is 0.124. The molecule has 1 aliphatic heterocycles. The van der Waals surface area contributed by atoms with Crippen molar-refractivity contribution in [3.05, 3.63) is 34.4 Å². The van der Waals surface area contributed by atoms with E-state index in [4.69, 9.17) is 10.5 Å². The molecule has 1 aromatic rings. The molecular weight excluding hydrogens is 410 g/mol. The third-order valence-corrected chi connectivity index (χ3v) is 4.67. The number of carbonyl (C=O) groups is 4. The zero-order valence-electron chi connectivity index (χ0n) is 17.3. The lowest BCUT2D eigenvalue weighted by atomic mass is 10.0. The van der Waals surface area contributed by atoms with Crippen molar-refractivity contribution in [2.24, 2.45) is 5.73 Å². The second kappa shape index (κ2) is 9.98. The van der Waals surface area contributed by atoms with E-state index in [1.807, 2.05) is 0 Å². The van der Waals surface area contributed by atoms with Crippen molar-refractivity contribution in [3.63, 3.8) is 0 Å². The van der Waals surface area contributed by atoms with E-state index in [-0.39, 0.29) is 12.2 Å². The van der Waals surface area contributed by atoms with Gasteiger partial charge in [0, 0.05) is 24.4 Å². The van der Waals surface area contributed by atoms with Crippen LogP contribution >= 0.6 is 0 Å². The highest BCUT2D eigenvalue weighted by atomic mass is 16.6. The SMILES string of the molecule is CC(C)(NC(=O)CN)C(=O)N1CCC[C@H]1C(=O)OCC(=O)Nc1ccc([N+](=O)[O-])cc1. The highest BCUT2D eigenvalue weighted by molar-refractivity contribution is 5.95. The van der Waals surface area contributed by atoms with Crippen LogP contribution in [0.4, 0.5) is 11.4 Å². The number of nitrogens with two attached hydrogens (primary N) is 1. The molecular formula is C19H25N5O7. The first kappa shape index (κ1) is 23.7. The van der Waals surface area contributed by atoms with Gasteiger partial charge in [0.15, 0.2) is 6.61 Å². The standard InChI is InChI=1S/C19H25N5O7/c1-19(2,22-15(25)10-20)18(28)23-9-3-4-14(23)17(27)31-11-16(26)21-12-5-7-13(8-6-12)24(29)30/h5-8,14H,3-4,9-11,20H2,1-2H3,(H,21,26)(H,22,25)/t14-/m0/s1. The molecule has 0 bridgehead atoms. The van der Waals surface area contributed by atoms with Crippen LogP contribution in [0.2, 0.25) is 0 Å². The molecule has 1 aromatic carbocycles. The Labute approximate surface area is 178 Å². The summed E-state index contributed by atoms with van der Waals surface area (Å²) in [5.74, 6) is -2.32. The number of benzene rings is 1. The van der Waals surface area contributed by atoms with Gasteiger partial charge in [0.25, 0.3) is 11.6 Å². The van der Waals surface area contributed by atoms with Gasteiger partial charge in [-0.05, 0) is 38.8 Å². The molecule has 0 unspecified atom stereocenters. The Kier molecular flexibility index (Phi) is 7.64. The van der Waals surface area contributed by atoms with Crippen LogP contribution in [-0.2, 0) is 23.9 Å². The largest absolute Gasteiger partial charge is 0.454 e. The van der Waals surface area contributed by atoms with Crippen LogP contribution in [0.3, 0.4) is 0 Å². The van der Waals surface area contributed by atoms with E-state index in [9.17, 15) is 29.3 Å². The number of nitrogens with one attached hydrogen (secondary N) is 2. The fraction of sp³-hybridized carbons (Fsp3) is 0.474. The van der Waals surface area contributed by atoms with Crippen LogP contribution < -0.4 is 16.4 Å².